The number of hydrogen-bond acceptors (Lipinski definition) is 6. The van der Waals surface area contributed by atoms with Crippen LogP contribution in [0.1, 0.15) is 201 Å². The second-order valence-electron chi connectivity index (χ2n) is 12.5. The highest BCUT2D eigenvalue weighted by Crippen LogP contribution is 2.13. The third-order valence-corrected chi connectivity index (χ3v) is 8.11. The summed E-state index contributed by atoms with van der Waals surface area (Å²) in [4.78, 5) is 37.2. The van der Waals surface area contributed by atoms with Gasteiger partial charge in [0.25, 0.3) is 0 Å². The first kappa shape index (κ1) is 41.4. The van der Waals surface area contributed by atoms with Gasteiger partial charge in [-0.05, 0) is 19.3 Å². The molecular weight excluding hydrogens is 540 g/mol. The van der Waals surface area contributed by atoms with Crippen LogP contribution in [-0.2, 0) is 28.6 Å². The van der Waals surface area contributed by atoms with Crippen LogP contribution in [-0.4, -0.2) is 37.2 Å². The first-order valence-electron chi connectivity index (χ1n) is 18.5. The van der Waals surface area contributed by atoms with E-state index in [-0.39, 0.29) is 31.1 Å². The fourth-order valence-corrected chi connectivity index (χ4v) is 5.26. The van der Waals surface area contributed by atoms with Crippen molar-refractivity contribution >= 4 is 17.9 Å². The van der Waals surface area contributed by atoms with Crippen LogP contribution in [0.15, 0.2) is 0 Å². The minimum atomic E-state index is -0.754. The van der Waals surface area contributed by atoms with Gasteiger partial charge >= 0.3 is 17.9 Å². The predicted octanol–water partition coefficient (Wildman–Crippen LogP) is 11.0. The van der Waals surface area contributed by atoms with Gasteiger partial charge in [-0.2, -0.15) is 0 Å². The monoisotopic (exact) mass is 611 g/mol. The molecule has 254 valence electrons. The number of carbonyl (C=O) groups excluding carboxylic acids is 3. The van der Waals surface area contributed by atoms with Gasteiger partial charge in [-0.3, -0.25) is 14.4 Å². The van der Waals surface area contributed by atoms with Gasteiger partial charge in [-0.15, -0.1) is 0 Å². The molecule has 0 amide bonds. The first-order chi connectivity index (χ1) is 21.0. The van der Waals surface area contributed by atoms with Crippen LogP contribution in [0.2, 0.25) is 0 Å². The number of hydrogen-bond donors (Lipinski definition) is 0. The van der Waals surface area contributed by atoms with E-state index in [2.05, 4.69) is 20.8 Å². The third kappa shape index (κ3) is 31.6. The van der Waals surface area contributed by atoms with Gasteiger partial charge in [-0.25, -0.2) is 0 Å². The largest absolute Gasteiger partial charge is 0.462 e. The summed E-state index contributed by atoms with van der Waals surface area (Å²) in [5, 5.41) is 0. The molecule has 6 nitrogen and oxygen atoms in total. The van der Waals surface area contributed by atoms with Crippen molar-refractivity contribution in [3.05, 3.63) is 0 Å². The van der Waals surface area contributed by atoms with Crippen molar-refractivity contribution in [2.75, 3.05) is 13.2 Å². The van der Waals surface area contributed by atoms with Crippen molar-refractivity contribution in [2.24, 2.45) is 0 Å². The standard InChI is InChI=1S/C37H70O6/c1-4-7-10-13-16-19-22-24-27-30-36(39)42-33-34(43-37(40)31-28-25-21-18-15-12-9-6-3)32-41-35(38)29-26-23-20-17-14-11-8-5-2/h34H,4-33H2,1-3H3. The Morgan fingerprint density at radius 3 is 0.930 bits per heavy atom. The number of unbranched alkanes of at least 4 members (excludes halogenated alkanes) is 22. The van der Waals surface area contributed by atoms with Crippen molar-refractivity contribution in [1.82, 2.24) is 0 Å². The molecule has 6 heteroatoms. The Hall–Kier alpha value is -1.59. The van der Waals surface area contributed by atoms with Crippen molar-refractivity contribution in [1.29, 1.82) is 0 Å². The van der Waals surface area contributed by atoms with Gasteiger partial charge in [0.15, 0.2) is 6.10 Å². The van der Waals surface area contributed by atoms with Crippen molar-refractivity contribution in [3.63, 3.8) is 0 Å². The number of esters is 3. The van der Waals surface area contributed by atoms with Crippen molar-refractivity contribution in [2.45, 2.75) is 207 Å². The van der Waals surface area contributed by atoms with Gasteiger partial charge in [0, 0.05) is 19.3 Å². The van der Waals surface area contributed by atoms with Crippen molar-refractivity contribution < 1.29 is 28.6 Å². The second-order valence-corrected chi connectivity index (χ2v) is 12.5. The predicted molar refractivity (Wildman–Crippen MR) is 178 cm³/mol. The molecule has 0 rings (SSSR count). The van der Waals surface area contributed by atoms with E-state index in [4.69, 9.17) is 14.2 Å². The van der Waals surface area contributed by atoms with E-state index in [0.717, 1.165) is 57.8 Å². The van der Waals surface area contributed by atoms with Gasteiger partial charge in [-0.1, -0.05) is 162 Å². The average Bonchev–Trinajstić information content (AvgIpc) is 3.00. The summed E-state index contributed by atoms with van der Waals surface area (Å²) in [5.74, 6) is -0.876. The number of carbonyl (C=O) groups is 3. The normalized spacial score (nSPS) is 11.8. The van der Waals surface area contributed by atoms with Crippen LogP contribution in [0.5, 0.6) is 0 Å². The maximum atomic E-state index is 12.5. The van der Waals surface area contributed by atoms with Gasteiger partial charge < -0.3 is 14.2 Å². The van der Waals surface area contributed by atoms with E-state index < -0.39 is 6.10 Å². The molecule has 0 aliphatic rings. The maximum absolute atomic E-state index is 12.5. The summed E-state index contributed by atoms with van der Waals surface area (Å²) < 4.78 is 16.5. The lowest BCUT2D eigenvalue weighted by Gasteiger charge is -2.18. The van der Waals surface area contributed by atoms with Crippen LogP contribution in [0.4, 0.5) is 0 Å². The molecule has 0 saturated carbocycles. The quantitative estimate of drug-likeness (QED) is 0.0418. The molecule has 0 aromatic rings. The summed E-state index contributed by atoms with van der Waals surface area (Å²) >= 11 is 0. The van der Waals surface area contributed by atoms with Crippen LogP contribution < -0.4 is 0 Å². The Bertz CT molecular complexity index is 635. The molecule has 0 heterocycles. The number of ether oxygens (including phenoxy) is 3. The lowest BCUT2D eigenvalue weighted by molar-refractivity contribution is -0.167. The zero-order valence-corrected chi connectivity index (χ0v) is 28.7. The van der Waals surface area contributed by atoms with E-state index in [1.807, 2.05) is 0 Å². The smallest absolute Gasteiger partial charge is 0.306 e. The van der Waals surface area contributed by atoms with E-state index in [0.29, 0.717) is 19.3 Å². The Kier molecular flexibility index (Phi) is 32.1. The second kappa shape index (κ2) is 33.3. The molecule has 0 fully saturated rings. The molecule has 1 atom stereocenters. The molecular formula is C37H70O6. The number of rotatable bonds is 33. The zero-order valence-electron chi connectivity index (χ0n) is 28.7. The fraction of sp³-hybridized carbons (Fsp3) is 0.919. The molecule has 0 radical (unpaired) electrons. The zero-order chi connectivity index (χ0) is 31.6. The lowest BCUT2D eigenvalue weighted by atomic mass is 10.1. The molecule has 0 N–H and O–H groups in total. The molecule has 0 aromatic heterocycles. The first-order valence-corrected chi connectivity index (χ1v) is 18.5. The topological polar surface area (TPSA) is 78.9 Å². The molecule has 0 bridgehead atoms. The third-order valence-electron chi connectivity index (χ3n) is 8.11. The molecule has 0 aliphatic heterocycles. The summed E-state index contributed by atoms with van der Waals surface area (Å²) in [6.07, 6.45) is 29.5. The Morgan fingerprint density at radius 1 is 0.372 bits per heavy atom. The molecule has 0 aliphatic carbocycles. The highest BCUT2D eigenvalue weighted by molar-refractivity contribution is 5.71. The lowest BCUT2D eigenvalue weighted by Crippen LogP contribution is -2.30. The highest BCUT2D eigenvalue weighted by atomic mass is 16.6. The average molecular weight is 611 g/mol. The van der Waals surface area contributed by atoms with Gasteiger partial charge in [0.2, 0.25) is 0 Å². The molecule has 0 aromatic carbocycles. The Balaban J connectivity index is 4.34. The van der Waals surface area contributed by atoms with E-state index in [1.165, 1.54) is 103 Å². The minimum Gasteiger partial charge on any atom is -0.462 e. The van der Waals surface area contributed by atoms with Crippen molar-refractivity contribution in [3.8, 4) is 0 Å². The fourth-order valence-electron chi connectivity index (χ4n) is 5.26. The molecule has 0 saturated heterocycles. The van der Waals surface area contributed by atoms with Gasteiger partial charge in [0.05, 0.1) is 0 Å². The Morgan fingerprint density at radius 2 is 0.628 bits per heavy atom. The highest BCUT2D eigenvalue weighted by Gasteiger charge is 2.19. The summed E-state index contributed by atoms with van der Waals surface area (Å²) in [6, 6.07) is 0. The van der Waals surface area contributed by atoms with Crippen LogP contribution >= 0.6 is 0 Å². The maximum Gasteiger partial charge on any atom is 0.306 e. The van der Waals surface area contributed by atoms with E-state index in [9.17, 15) is 14.4 Å². The summed E-state index contributed by atoms with van der Waals surface area (Å²) in [7, 11) is 0. The molecule has 1 unspecified atom stereocenters. The van der Waals surface area contributed by atoms with Crippen LogP contribution in [0, 0.1) is 0 Å². The molecule has 0 spiro atoms. The molecule has 43 heavy (non-hydrogen) atoms. The minimum absolute atomic E-state index is 0.0650. The van der Waals surface area contributed by atoms with Crippen LogP contribution in [0.25, 0.3) is 0 Å². The van der Waals surface area contributed by atoms with E-state index >= 15 is 0 Å². The van der Waals surface area contributed by atoms with Crippen LogP contribution in [0.3, 0.4) is 0 Å². The Labute approximate surface area is 266 Å². The SMILES string of the molecule is CCCCCCCCCCCC(=O)OCC(COC(=O)CCCCCCCCCC)OC(=O)CCCCCCCCCC. The summed E-state index contributed by atoms with van der Waals surface area (Å²) in [5.41, 5.74) is 0. The summed E-state index contributed by atoms with van der Waals surface area (Å²) in [6.45, 7) is 6.54. The van der Waals surface area contributed by atoms with Gasteiger partial charge in [0.1, 0.15) is 13.2 Å². The van der Waals surface area contributed by atoms with E-state index in [1.54, 1.807) is 0 Å².